The minimum atomic E-state index is -0.692. The highest BCUT2D eigenvalue weighted by molar-refractivity contribution is 5.82. The van der Waals surface area contributed by atoms with E-state index in [9.17, 15) is 4.79 Å². The topological polar surface area (TPSA) is 94.0 Å². The molecule has 0 aliphatic rings. The third-order valence-electron chi connectivity index (χ3n) is 2.27. The van der Waals surface area contributed by atoms with Crippen LogP contribution in [0.25, 0.3) is 0 Å². The maximum atomic E-state index is 11.7. The number of benzene rings is 1. The van der Waals surface area contributed by atoms with Gasteiger partial charge in [0.05, 0.1) is 6.54 Å². The minimum absolute atomic E-state index is 0.204. The molecule has 0 spiro atoms. The number of nitrogens with one attached hydrogen (secondary N) is 1. The lowest BCUT2D eigenvalue weighted by atomic mass is 10.1. The Kier molecular flexibility index (Phi) is 3.46. The van der Waals surface area contributed by atoms with Gasteiger partial charge in [0.25, 0.3) is 0 Å². The molecule has 0 aliphatic heterocycles. The number of rotatable bonds is 4. The molecule has 17 heavy (non-hydrogen) atoms. The van der Waals surface area contributed by atoms with Crippen LogP contribution in [0.15, 0.2) is 41.2 Å². The average molecular weight is 232 g/mol. The van der Waals surface area contributed by atoms with Crippen LogP contribution in [0.2, 0.25) is 0 Å². The first-order valence-electron chi connectivity index (χ1n) is 5.11. The summed E-state index contributed by atoms with van der Waals surface area (Å²) in [6, 6.07) is 8.46. The van der Waals surface area contributed by atoms with Gasteiger partial charge in [-0.1, -0.05) is 35.5 Å². The first-order valence-corrected chi connectivity index (χ1v) is 5.11. The smallest absolute Gasteiger partial charge is 0.241 e. The van der Waals surface area contributed by atoms with E-state index in [1.165, 1.54) is 6.39 Å². The lowest BCUT2D eigenvalue weighted by Gasteiger charge is -2.11. The highest BCUT2D eigenvalue weighted by Gasteiger charge is 2.15. The molecule has 2 rings (SSSR count). The van der Waals surface area contributed by atoms with Crippen molar-refractivity contribution in [2.24, 2.45) is 5.73 Å². The van der Waals surface area contributed by atoms with Gasteiger partial charge in [-0.25, -0.2) is 0 Å². The largest absolute Gasteiger partial charge is 0.347 e. The van der Waals surface area contributed by atoms with Gasteiger partial charge in [-0.3, -0.25) is 4.79 Å². The molecule has 88 valence electrons. The summed E-state index contributed by atoms with van der Waals surface area (Å²) in [6.07, 6.45) is 1.21. The van der Waals surface area contributed by atoms with E-state index in [1.54, 1.807) is 12.1 Å². The predicted molar refractivity (Wildman–Crippen MR) is 59.5 cm³/mol. The molecule has 0 saturated heterocycles. The Bertz CT molecular complexity index is 469. The molecule has 1 atom stereocenters. The van der Waals surface area contributed by atoms with Crippen molar-refractivity contribution in [3.63, 3.8) is 0 Å². The maximum absolute atomic E-state index is 11.7. The monoisotopic (exact) mass is 232 g/mol. The zero-order valence-electron chi connectivity index (χ0n) is 9.04. The van der Waals surface area contributed by atoms with Crippen LogP contribution in [0.5, 0.6) is 0 Å². The number of nitrogens with zero attached hydrogens (tertiary/aromatic N) is 2. The first kappa shape index (κ1) is 11.3. The lowest BCUT2D eigenvalue weighted by Crippen LogP contribution is -2.33. The van der Waals surface area contributed by atoms with E-state index in [0.717, 1.165) is 5.56 Å². The molecule has 1 aromatic heterocycles. The van der Waals surface area contributed by atoms with Crippen molar-refractivity contribution < 1.29 is 9.32 Å². The van der Waals surface area contributed by atoms with Gasteiger partial charge in [0, 0.05) is 0 Å². The average Bonchev–Trinajstić information content (AvgIpc) is 2.89. The van der Waals surface area contributed by atoms with Crippen molar-refractivity contribution in [3.8, 4) is 0 Å². The molecule has 0 aliphatic carbocycles. The van der Waals surface area contributed by atoms with Crippen molar-refractivity contribution in [2.75, 3.05) is 0 Å². The number of aromatic nitrogens is 2. The second-order valence-corrected chi connectivity index (χ2v) is 3.45. The summed E-state index contributed by atoms with van der Waals surface area (Å²) >= 11 is 0. The summed E-state index contributed by atoms with van der Waals surface area (Å²) in [5, 5.41) is 6.21. The lowest BCUT2D eigenvalue weighted by molar-refractivity contribution is -0.122. The Hall–Kier alpha value is -2.21. The van der Waals surface area contributed by atoms with Crippen LogP contribution in [-0.2, 0) is 11.3 Å². The molecule has 1 aromatic carbocycles. The fourth-order valence-corrected chi connectivity index (χ4v) is 1.36. The zero-order valence-corrected chi connectivity index (χ0v) is 9.04. The Labute approximate surface area is 97.8 Å². The minimum Gasteiger partial charge on any atom is -0.347 e. The summed E-state index contributed by atoms with van der Waals surface area (Å²) in [4.78, 5) is 15.5. The molecule has 1 amide bonds. The van der Waals surface area contributed by atoms with Gasteiger partial charge in [0.1, 0.15) is 6.04 Å². The molecule has 6 heteroatoms. The Morgan fingerprint density at radius 1 is 1.41 bits per heavy atom. The maximum Gasteiger partial charge on any atom is 0.241 e. The van der Waals surface area contributed by atoms with Gasteiger partial charge in [-0.05, 0) is 5.56 Å². The molecular weight excluding hydrogens is 220 g/mol. The molecule has 0 bridgehead atoms. The number of hydrogen-bond donors (Lipinski definition) is 2. The van der Waals surface area contributed by atoms with Crippen LogP contribution in [0.3, 0.4) is 0 Å². The number of carbonyl (C=O) groups excluding carboxylic acids is 1. The fourth-order valence-electron chi connectivity index (χ4n) is 1.36. The second kappa shape index (κ2) is 5.22. The molecule has 0 saturated carbocycles. The van der Waals surface area contributed by atoms with Crippen LogP contribution < -0.4 is 11.1 Å². The second-order valence-electron chi connectivity index (χ2n) is 3.45. The Balaban J connectivity index is 1.92. The van der Waals surface area contributed by atoms with Gasteiger partial charge in [0.15, 0.2) is 5.82 Å². The summed E-state index contributed by atoms with van der Waals surface area (Å²) < 4.78 is 4.55. The molecule has 0 fully saturated rings. The third kappa shape index (κ3) is 2.88. The van der Waals surface area contributed by atoms with E-state index in [2.05, 4.69) is 20.0 Å². The Morgan fingerprint density at radius 3 is 2.82 bits per heavy atom. The van der Waals surface area contributed by atoms with E-state index < -0.39 is 6.04 Å². The summed E-state index contributed by atoms with van der Waals surface area (Å²) in [7, 11) is 0. The van der Waals surface area contributed by atoms with Crippen LogP contribution in [0.4, 0.5) is 0 Å². The van der Waals surface area contributed by atoms with Gasteiger partial charge < -0.3 is 15.6 Å². The van der Waals surface area contributed by atoms with E-state index in [0.29, 0.717) is 5.82 Å². The van der Waals surface area contributed by atoms with Gasteiger partial charge >= 0.3 is 0 Å². The normalized spacial score (nSPS) is 12.1. The first-order chi connectivity index (χ1) is 8.27. The van der Waals surface area contributed by atoms with E-state index >= 15 is 0 Å². The highest BCUT2D eigenvalue weighted by atomic mass is 16.5. The van der Waals surface area contributed by atoms with Crippen LogP contribution in [0.1, 0.15) is 17.4 Å². The van der Waals surface area contributed by atoms with Crippen LogP contribution in [0, 0.1) is 0 Å². The molecule has 3 N–H and O–H groups in total. The Morgan fingerprint density at radius 2 is 2.18 bits per heavy atom. The molecule has 6 nitrogen and oxygen atoms in total. The van der Waals surface area contributed by atoms with E-state index in [4.69, 9.17) is 5.73 Å². The third-order valence-corrected chi connectivity index (χ3v) is 2.27. The molecular formula is C11H12N4O2. The van der Waals surface area contributed by atoms with Crippen molar-refractivity contribution in [3.05, 3.63) is 48.1 Å². The predicted octanol–water partition coefficient (Wildman–Crippen LogP) is 0.386. The number of carbonyl (C=O) groups is 1. The number of hydrogen-bond acceptors (Lipinski definition) is 5. The fraction of sp³-hybridized carbons (Fsp3) is 0.182. The van der Waals surface area contributed by atoms with Gasteiger partial charge in [0.2, 0.25) is 12.3 Å². The standard InChI is InChI=1S/C11H12N4O2/c12-10(8-4-2-1-3-5-8)11(16)13-6-9-14-7-17-15-9/h1-5,7,10H,6,12H2,(H,13,16)/t10-/m0/s1. The zero-order chi connectivity index (χ0) is 12.1. The van der Waals surface area contributed by atoms with Crippen molar-refractivity contribution in [1.82, 2.24) is 15.5 Å². The van der Waals surface area contributed by atoms with E-state index in [-0.39, 0.29) is 12.5 Å². The van der Waals surface area contributed by atoms with Crippen molar-refractivity contribution >= 4 is 5.91 Å². The van der Waals surface area contributed by atoms with Gasteiger partial charge in [-0.2, -0.15) is 4.98 Å². The number of amides is 1. The SMILES string of the molecule is N[C@H](C(=O)NCc1ncon1)c1ccccc1. The van der Waals surface area contributed by atoms with Crippen molar-refractivity contribution in [1.29, 1.82) is 0 Å². The van der Waals surface area contributed by atoms with Crippen LogP contribution in [-0.4, -0.2) is 16.0 Å². The molecule has 0 radical (unpaired) electrons. The number of nitrogens with two attached hydrogens (primary N) is 1. The van der Waals surface area contributed by atoms with Crippen LogP contribution >= 0.6 is 0 Å². The summed E-state index contributed by atoms with van der Waals surface area (Å²) in [5.74, 6) is 0.139. The highest BCUT2D eigenvalue weighted by Crippen LogP contribution is 2.09. The van der Waals surface area contributed by atoms with Gasteiger partial charge in [-0.15, -0.1) is 0 Å². The summed E-state index contributed by atoms with van der Waals surface area (Å²) in [6.45, 7) is 0.204. The summed E-state index contributed by atoms with van der Waals surface area (Å²) in [5.41, 5.74) is 6.56. The van der Waals surface area contributed by atoms with Crippen molar-refractivity contribution in [2.45, 2.75) is 12.6 Å². The van der Waals surface area contributed by atoms with E-state index in [1.807, 2.05) is 18.2 Å². The quantitative estimate of drug-likeness (QED) is 0.795. The molecule has 0 unspecified atom stereocenters. The molecule has 2 aromatic rings. The molecule has 1 heterocycles.